The predicted octanol–water partition coefficient (Wildman–Crippen LogP) is 5.60. The Labute approximate surface area is 162 Å². The molecule has 1 aliphatic carbocycles. The van der Waals surface area contributed by atoms with Crippen LogP contribution in [0.15, 0.2) is 42.5 Å². The normalized spacial score (nSPS) is 14.4. The Morgan fingerprint density at radius 2 is 1.68 bits per heavy atom. The Hall–Kier alpha value is -3.16. The summed E-state index contributed by atoms with van der Waals surface area (Å²) in [5.41, 5.74) is 0.166. The van der Waals surface area contributed by atoms with Gasteiger partial charge in [0.25, 0.3) is 11.4 Å². The lowest BCUT2D eigenvalue weighted by atomic mass is 9.87. The fourth-order valence-corrected chi connectivity index (χ4v) is 3.50. The Morgan fingerprint density at radius 1 is 0.964 bits per heavy atom. The molecule has 0 aliphatic heterocycles. The van der Waals surface area contributed by atoms with Gasteiger partial charge in [0.05, 0.1) is 22.5 Å². The number of rotatable bonds is 8. The summed E-state index contributed by atoms with van der Waals surface area (Å²) >= 11 is 0. The lowest BCUT2D eigenvalue weighted by Gasteiger charge is -2.21. The molecule has 148 valence electrons. The topological polar surface area (TPSA) is 108 Å². The minimum Gasteiger partial charge on any atom is -0.494 e. The highest BCUT2D eigenvalue weighted by atomic mass is 16.6. The second kappa shape index (κ2) is 9.16. The van der Waals surface area contributed by atoms with Crippen LogP contribution in [0.1, 0.15) is 38.5 Å². The van der Waals surface area contributed by atoms with Gasteiger partial charge >= 0.3 is 0 Å². The molecule has 2 aromatic carbocycles. The third-order valence-electron chi connectivity index (χ3n) is 5.04. The van der Waals surface area contributed by atoms with Gasteiger partial charge in [-0.3, -0.25) is 20.2 Å². The Morgan fingerprint density at radius 3 is 2.32 bits per heavy atom. The summed E-state index contributed by atoms with van der Waals surface area (Å²) in [6.45, 7) is 0.686. The van der Waals surface area contributed by atoms with Crippen LogP contribution in [0, 0.1) is 26.1 Å². The van der Waals surface area contributed by atoms with Crippen LogP contribution in [-0.2, 0) is 0 Å². The molecule has 0 atom stereocenters. The number of nitrogens with one attached hydrogen (secondary N) is 1. The third-order valence-corrected chi connectivity index (χ3v) is 5.04. The summed E-state index contributed by atoms with van der Waals surface area (Å²) in [4.78, 5) is 20.7. The van der Waals surface area contributed by atoms with Crippen molar-refractivity contribution < 1.29 is 14.6 Å². The van der Waals surface area contributed by atoms with E-state index < -0.39 is 9.85 Å². The van der Waals surface area contributed by atoms with Crippen molar-refractivity contribution in [3.8, 4) is 5.75 Å². The van der Waals surface area contributed by atoms with Crippen LogP contribution in [0.3, 0.4) is 0 Å². The van der Waals surface area contributed by atoms with E-state index in [-0.39, 0.29) is 17.1 Å². The molecular formula is C20H23N3O5. The van der Waals surface area contributed by atoms with Crippen LogP contribution in [0.4, 0.5) is 22.7 Å². The fourth-order valence-electron chi connectivity index (χ4n) is 3.50. The van der Waals surface area contributed by atoms with E-state index in [2.05, 4.69) is 5.32 Å². The molecule has 0 bridgehead atoms. The summed E-state index contributed by atoms with van der Waals surface area (Å²) < 4.78 is 5.81. The molecule has 0 saturated heterocycles. The molecule has 8 nitrogen and oxygen atoms in total. The van der Waals surface area contributed by atoms with Crippen LogP contribution < -0.4 is 10.1 Å². The van der Waals surface area contributed by atoms with Gasteiger partial charge in [0.1, 0.15) is 11.4 Å². The quantitative estimate of drug-likeness (QED) is 0.468. The number of anilines is 2. The summed E-state index contributed by atoms with van der Waals surface area (Å²) in [5, 5.41) is 25.0. The van der Waals surface area contributed by atoms with Crippen LogP contribution >= 0.6 is 0 Å². The van der Waals surface area contributed by atoms with Crippen molar-refractivity contribution in [2.75, 3.05) is 11.9 Å². The monoisotopic (exact) mass is 385 g/mol. The van der Waals surface area contributed by atoms with Crippen molar-refractivity contribution in [3.05, 3.63) is 62.7 Å². The molecule has 2 aromatic rings. The summed E-state index contributed by atoms with van der Waals surface area (Å²) in [5.74, 6) is 1.51. The molecule has 0 spiro atoms. The predicted molar refractivity (Wildman–Crippen MR) is 106 cm³/mol. The maximum atomic E-state index is 11.2. The van der Waals surface area contributed by atoms with Crippen molar-refractivity contribution in [2.45, 2.75) is 38.5 Å². The first-order valence-electron chi connectivity index (χ1n) is 9.45. The van der Waals surface area contributed by atoms with Gasteiger partial charge in [0.2, 0.25) is 0 Å². The van der Waals surface area contributed by atoms with Gasteiger partial charge in [-0.15, -0.1) is 0 Å². The standard InChI is InChI=1S/C20H23N3O5/c24-22(25)17-8-11-19(20(14-17)23(26)27)21-16-6-9-18(10-7-16)28-13-12-15-4-2-1-3-5-15/h6-11,14-15,21H,1-5,12-13H2. The summed E-state index contributed by atoms with van der Waals surface area (Å²) in [6.07, 6.45) is 7.63. The molecule has 3 rings (SSSR count). The molecule has 1 saturated carbocycles. The molecule has 1 fully saturated rings. The van der Waals surface area contributed by atoms with Crippen molar-refractivity contribution in [1.82, 2.24) is 0 Å². The van der Waals surface area contributed by atoms with E-state index >= 15 is 0 Å². The van der Waals surface area contributed by atoms with Crippen LogP contribution in [-0.4, -0.2) is 16.5 Å². The zero-order valence-electron chi connectivity index (χ0n) is 15.5. The summed E-state index contributed by atoms with van der Waals surface area (Å²) in [6, 6.07) is 10.7. The second-order valence-electron chi connectivity index (χ2n) is 7.01. The van der Waals surface area contributed by atoms with Gasteiger partial charge in [-0.2, -0.15) is 0 Å². The number of hydrogen-bond donors (Lipinski definition) is 1. The molecule has 0 heterocycles. The SMILES string of the molecule is O=[N+]([O-])c1ccc(Nc2ccc(OCCC3CCCCC3)cc2)c([N+](=O)[O-])c1. The van der Waals surface area contributed by atoms with E-state index in [4.69, 9.17) is 4.74 Å². The van der Waals surface area contributed by atoms with E-state index in [1.165, 1.54) is 44.2 Å². The van der Waals surface area contributed by atoms with Gasteiger partial charge in [-0.1, -0.05) is 32.1 Å². The van der Waals surface area contributed by atoms with Gasteiger partial charge in [0.15, 0.2) is 0 Å². The van der Waals surface area contributed by atoms with E-state index in [0.29, 0.717) is 12.3 Å². The Balaban J connectivity index is 1.59. The van der Waals surface area contributed by atoms with E-state index in [1.807, 2.05) is 0 Å². The van der Waals surface area contributed by atoms with Gasteiger partial charge in [0, 0.05) is 11.8 Å². The van der Waals surface area contributed by atoms with Crippen molar-refractivity contribution >= 4 is 22.7 Å². The maximum Gasteiger partial charge on any atom is 0.299 e. The molecule has 1 aliphatic rings. The number of hydrogen-bond acceptors (Lipinski definition) is 6. The summed E-state index contributed by atoms with van der Waals surface area (Å²) in [7, 11) is 0. The number of nitrogens with zero attached hydrogens (tertiary/aromatic N) is 2. The second-order valence-corrected chi connectivity index (χ2v) is 7.01. The van der Waals surface area contributed by atoms with Crippen molar-refractivity contribution in [3.63, 3.8) is 0 Å². The number of nitro groups is 2. The number of benzene rings is 2. The lowest BCUT2D eigenvalue weighted by molar-refractivity contribution is -0.393. The molecular weight excluding hydrogens is 362 g/mol. The van der Waals surface area contributed by atoms with Crippen molar-refractivity contribution in [1.29, 1.82) is 0 Å². The molecule has 0 unspecified atom stereocenters. The van der Waals surface area contributed by atoms with Gasteiger partial charge in [-0.05, 0) is 42.7 Å². The fraction of sp³-hybridized carbons (Fsp3) is 0.400. The molecule has 1 N–H and O–H groups in total. The highest BCUT2D eigenvalue weighted by Gasteiger charge is 2.19. The smallest absolute Gasteiger partial charge is 0.299 e. The van der Waals surface area contributed by atoms with Crippen LogP contribution in [0.25, 0.3) is 0 Å². The maximum absolute atomic E-state index is 11.2. The molecule has 28 heavy (non-hydrogen) atoms. The molecule has 0 aromatic heterocycles. The minimum atomic E-state index is -0.657. The molecule has 0 radical (unpaired) electrons. The largest absolute Gasteiger partial charge is 0.494 e. The molecule has 8 heteroatoms. The van der Waals surface area contributed by atoms with Gasteiger partial charge < -0.3 is 10.1 Å². The average molecular weight is 385 g/mol. The number of non-ortho nitro benzene ring substituents is 1. The first kappa shape index (κ1) is 19.6. The van der Waals surface area contributed by atoms with E-state index in [0.717, 1.165) is 24.2 Å². The minimum absolute atomic E-state index is 0.196. The lowest BCUT2D eigenvalue weighted by Crippen LogP contribution is -2.10. The Kier molecular flexibility index (Phi) is 6.41. The first-order chi connectivity index (χ1) is 13.5. The number of ether oxygens (including phenoxy) is 1. The van der Waals surface area contributed by atoms with Crippen molar-refractivity contribution in [2.24, 2.45) is 5.92 Å². The van der Waals surface area contributed by atoms with Crippen LogP contribution in [0.2, 0.25) is 0 Å². The number of nitro benzene ring substituents is 2. The molecule has 0 amide bonds. The zero-order valence-corrected chi connectivity index (χ0v) is 15.5. The van der Waals surface area contributed by atoms with Crippen LogP contribution in [0.5, 0.6) is 5.75 Å². The zero-order chi connectivity index (χ0) is 19.9. The average Bonchev–Trinajstić information content (AvgIpc) is 2.70. The van der Waals surface area contributed by atoms with E-state index in [1.54, 1.807) is 24.3 Å². The van der Waals surface area contributed by atoms with Gasteiger partial charge in [-0.25, -0.2) is 0 Å². The Bertz CT molecular complexity index is 832. The van der Waals surface area contributed by atoms with E-state index in [9.17, 15) is 20.2 Å². The highest BCUT2D eigenvalue weighted by Crippen LogP contribution is 2.32. The first-order valence-corrected chi connectivity index (χ1v) is 9.45. The highest BCUT2D eigenvalue weighted by molar-refractivity contribution is 5.71. The third kappa shape index (κ3) is 5.18.